The molecule has 2 heteroatoms. The van der Waals surface area contributed by atoms with E-state index in [0.717, 1.165) is 25.9 Å². The van der Waals surface area contributed by atoms with Crippen molar-refractivity contribution in [1.29, 1.82) is 0 Å². The molecule has 0 bridgehead atoms. The number of likely N-dealkylation sites (tertiary alicyclic amines) is 1. The van der Waals surface area contributed by atoms with Gasteiger partial charge < -0.3 is 10.0 Å². The van der Waals surface area contributed by atoms with E-state index in [0.29, 0.717) is 12.0 Å². The Hall–Kier alpha value is -0.0800. The number of rotatable bonds is 2. The highest BCUT2D eigenvalue weighted by Gasteiger charge is 2.42. The molecular weight excluding hydrogens is 174 g/mol. The summed E-state index contributed by atoms with van der Waals surface area (Å²) in [6.07, 6.45) is 5.85. The highest BCUT2D eigenvalue weighted by molar-refractivity contribution is 4.95. The Morgan fingerprint density at radius 3 is 2.14 bits per heavy atom. The van der Waals surface area contributed by atoms with Crippen molar-refractivity contribution < 1.29 is 5.11 Å². The maximum Gasteiger partial charge on any atom is 0.0700 e. The molecule has 0 amide bonds. The van der Waals surface area contributed by atoms with Crippen molar-refractivity contribution in [1.82, 2.24) is 4.90 Å². The largest absolute Gasteiger partial charge is 0.390 e. The smallest absolute Gasteiger partial charge is 0.0700 e. The average Bonchev–Trinajstić information content (AvgIpc) is 2.00. The summed E-state index contributed by atoms with van der Waals surface area (Å²) in [7, 11) is 0. The topological polar surface area (TPSA) is 23.5 Å². The highest BCUT2D eigenvalue weighted by atomic mass is 16.3. The third-order valence-corrected chi connectivity index (χ3v) is 4.26. The molecule has 2 aliphatic rings. The van der Waals surface area contributed by atoms with E-state index in [1.54, 1.807) is 0 Å². The molecule has 1 saturated carbocycles. The lowest BCUT2D eigenvalue weighted by atomic mass is 9.68. The van der Waals surface area contributed by atoms with Gasteiger partial charge >= 0.3 is 0 Å². The molecule has 1 aliphatic carbocycles. The minimum Gasteiger partial charge on any atom is -0.390 e. The Bertz CT molecular complexity index is 190. The highest BCUT2D eigenvalue weighted by Crippen LogP contribution is 2.41. The molecule has 1 N–H and O–H groups in total. The fraction of sp³-hybridized carbons (Fsp3) is 1.00. The Morgan fingerprint density at radius 1 is 1.21 bits per heavy atom. The van der Waals surface area contributed by atoms with E-state index in [9.17, 15) is 5.11 Å². The van der Waals surface area contributed by atoms with Crippen LogP contribution < -0.4 is 0 Å². The molecule has 1 heterocycles. The molecule has 0 spiro atoms. The predicted molar refractivity (Wildman–Crippen MR) is 58.2 cm³/mol. The molecule has 2 rings (SSSR count). The van der Waals surface area contributed by atoms with Gasteiger partial charge in [0.15, 0.2) is 0 Å². The van der Waals surface area contributed by atoms with Gasteiger partial charge in [0.1, 0.15) is 0 Å². The molecule has 0 atom stereocenters. The minimum absolute atomic E-state index is 0.302. The number of aliphatic hydroxyl groups is 1. The molecule has 0 radical (unpaired) electrons. The molecule has 0 aromatic heterocycles. The third kappa shape index (κ3) is 1.82. The van der Waals surface area contributed by atoms with Crippen molar-refractivity contribution in [3.63, 3.8) is 0 Å². The summed E-state index contributed by atoms with van der Waals surface area (Å²) < 4.78 is 0. The van der Waals surface area contributed by atoms with Crippen molar-refractivity contribution in [2.45, 2.75) is 57.6 Å². The van der Waals surface area contributed by atoms with E-state index >= 15 is 0 Å². The zero-order chi connectivity index (χ0) is 10.2. The Morgan fingerprint density at radius 2 is 1.79 bits per heavy atom. The zero-order valence-electron chi connectivity index (χ0n) is 9.50. The number of nitrogens with zero attached hydrogens (tertiary/aromatic N) is 1. The van der Waals surface area contributed by atoms with Gasteiger partial charge in [0.2, 0.25) is 0 Å². The maximum absolute atomic E-state index is 10.5. The Labute approximate surface area is 87.3 Å². The van der Waals surface area contributed by atoms with Crippen molar-refractivity contribution in [2.24, 2.45) is 5.92 Å². The van der Waals surface area contributed by atoms with Gasteiger partial charge in [-0.2, -0.15) is 0 Å². The first-order chi connectivity index (χ1) is 6.62. The molecule has 1 saturated heterocycles. The Balaban J connectivity index is 1.87. The molecule has 2 nitrogen and oxygen atoms in total. The van der Waals surface area contributed by atoms with Crippen LogP contribution in [0.3, 0.4) is 0 Å². The lowest BCUT2D eigenvalue weighted by molar-refractivity contribution is -0.0944. The van der Waals surface area contributed by atoms with Gasteiger partial charge in [-0.25, -0.2) is 0 Å². The molecular formula is C12H23NO. The van der Waals surface area contributed by atoms with E-state index in [1.165, 1.54) is 19.3 Å². The Kier molecular flexibility index (Phi) is 2.85. The fourth-order valence-electron chi connectivity index (χ4n) is 2.78. The summed E-state index contributed by atoms with van der Waals surface area (Å²) in [4.78, 5) is 2.48. The molecule has 0 aromatic carbocycles. The van der Waals surface area contributed by atoms with Gasteiger partial charge in [0, 0.05) is 19.1 Å². The van der Waals surface area contributed by atoms with E-state index in [4.69, 9.17) is 0 Å². The second-order valence-electron chi connectivity index (χ2n) is 5.36. The lowest BCUT2D eigenvalue weighted by Crippen LogP contribution is -2.52. The lowest BCUT2D eigenvalue weighted by Gasteiger charge is -2.47. The number of hydrogen-bond acceptors (Lipinski definition) is 2. The van der Waals surface area contributed by atoms with Crippen LogP contribution in [0.1, 0.15) is 46.0 Å². The molecule has 82 valence electrons. The van der Waals surface area contributed by atoms with Gasteiger partial charge in [-0.1, -0.05) is 6.42 Å². The first-order valence-electron chi connectivity index (χ1n) is 6.08. The van der Waals surface area contributed by atoms with Crippen molar-refractivity contribution in [3.05, 3.63) is 0 Å². The van der Waals surface area contributed by atoms with Crippen molar-refractivity contribution >= 4 is 0 Å². The van der Waals surface area contributed by atoms with Gasteiger partial charge in [0.25, 0.3) is 0 Å². The maximum atomic E-state index is 10.5. The second-order valence-corrected chi connectivity index (χ2v) is 5.36. The summed E-state index contributed by atoms with van der Waals surface area (Å²) in [6, 6.07) is 0.640. The van der Waals surface area contributed by atoms with Crippen LogP contribution in [-0.2, 0) is 0 Å². The zero-order valence-corrected chi connectivity index (χ0v) is 9.50. The van der Waals surface area contributed by atoms with E-state index in [-0.39, 0.29) is 5.60 Å². The van der Waals surface area contributed by atoms with Crippen LogP contribution >= 0.6 is 0 Å². The SMILES string of the molecule is CC(C)N1CCC(O)(C2CCC2)CC1. The summed E-state index contributed by atoms with van der Waals surface area (Å²) in [6.45, 7) is 6.66. The van der Waals surface area contributed by atoms with E-state index in [1.807, 2.05) is 0 Å². The quantitative estimate of drug-likeness (QED) is 0.732. The molecule has 14 heavy (non-hydrogen) atoms. The fourth-order valence-corrected chi connectivity index (χ4v) is 2.78. The molecule has 1 aliphatic heterocycles. The first kappa shape index (κ1) is 10.4. The van der Waals surface area contributed by atoms with E-state index in [2.05, 4.69) is 18.7 Å². The van der Waals surface area contributed by atoms with Crippen LogP contribution in [0.4, 0.5) is 0 Å². The summed E-state index contributed by atoms with van der Waals surface area (Å²) in [5.74, 6) is 0.622. The summed E-state index contributed by atoms with van der Waals surface area (Å²) in [5, 5.41) is 10.5. The summed E-state index contributed by atoms with van der Waals surface area (Å²) >= 11 is 0. The second kappa shape index (κ2) is 3.82. The van der Waals surface area contributed by atoms with Gasteiger partial charge in [-0.15, -0.1) is 0 Å². The standard InChI is InChI=1S/C12H23NO/c1-10(2)13-8-6-12(14,7-9-13)11-4-3-5-11/h10-11,14H,3-9H2,1-2H3. The third-order valence-electron chi connectivity index (χ3n) is 4.26. The number of hydrogen-bond donors (Lipinski definition) is 1. The van der Waals surface area contributed by atoms with Crippen molar-refractivity contribution in [2.75, 3.05) is 13.1 Å². The van der Waals surface area contributed by atoms with E-state index < -0.39 is 0 Å². The molecule has 0 unspecified atom stereocenters. The van der Waals surface area contributed by atoms with Crippen LogP contribution in [0.25, 0.3) is 0 Å². The van der Waals surface area contributed by atoms with Crippen LogP contribution in [-0.4, -0.2) is 34.7 Å². The average molecular weight is 197 g/mol. The number of piperidine rings is 1. The van der Waals surface area contributed by atoms with Gasteiger partial charge in [-0.3, -0.25) is 0 Å². The predicted octanol–water partition coefficient (Wildman–Crippen LogP) is 2.02. The normalized spacial score (nSPS) is 29.1. The van der Waals surface area contributed by atoms with Gasteiger partial charge in [-0.05, 0) is 45.4 Å². The van der Waals surface area contributed by atoms with Gasteiger partial charge in [0.05, 0.1) is 5.60 Å². The van der Waals surface area contributed by atoms with Crippen molar-refractivity contribution in [3.8, 4) is 0 Å². The minimum atomic E-state index is -0.302. The van der Waals surface area contributed by atoms with Crippen LogP contribution in [0.5, 0.6) is 0 Å². The van der Waals surface area contributed by atoms with Crippen LogP contribution in [0.15, 0.2) is 0 Å². The monoisotopic (exact) mass is 197 g/mol. The van der Waals surface area contributed by atoms with Crippen LogP contribution in [0.2, 0.25) is 0 Å². The first-order valence-corrected chi connectivity index (χ1v) is 6.08. The van der Waals surface area contributed by atoms with Crippen LogP contribution in [0, 0.1) is 5.92 Å². The molecule has 0 aromatic rings. The summed E-state index contributed by atoms with van der Waals surface area (Å²) in [5.41, 5.74) is -0.302. The molecule has 2 fully saturated rings.